The second-order valence-electron chi connectivity index (χ2n) is 9.60. The van der Waals surface area contributed by atoms with E-state index in [1.165, 1.54) is 39.4 Å². The van der Waals surface area contributed by atoms with Crippen LogP contribution in [0.4, 0.5) is 10.5 Å². The Morgan fingerprint density at radius 2 is 1.92 bits per heavy atom. The number of nitrogens with zero attached hydrogens (tertiary/aromatic N) is 2. The maximum Gasteiger partial charge on any atom is 0.323 e. The fourth-order valence-corrected chi connectivity index (χ4v) is 7.02. The highest BCUT2D eigenvalue weighted by atomic mass is 32.1. The molecule has 5 nitrogen and oxygen atoms in total. The molecule has 4 aromatic rings. The van der Waals surface area contributed by atoms with Gasteiger partial charge in [-0.3, -0.25) is 0 Å². The molecular weight excluding hydrogens is 466 g/mol. The van der Waals surface area contributed by atoms with Gasteiger partial charge in [0.25, 0.3) is 0 Å². The second-order valence-corrected chi connectivity index (χ2v) is 10.7. The lowest BCUT2D eigenvalue weighted by molar-refractivity contribution is 0.194. The van der Waals surface area contributed by atoms with Crippen LogP contribution < -0.4 is 10.1 Å². The lowest BCUT2D eigenvalue weighted by atomic mass is 9.95. The molecule has 1 N–H and O–H groups in total. The number of carbonyl (C=O) groups excluding carboxylic acids is 1. The van der Waals surface area contributed by atoms with Crippen molar-refractivity contribution in [3.8, 4) is 10.8 Å². The van der Waals surface area contributed by atoms with E-state index >= 15 is 0 Å². The quantitative estimate of drug-likeness (QED) is 0.322. The molecule has 0 radical (unpaired) electrons. The van der Waals surface area contributed by atoms with Crippen molar-refractivity contribution in [1.82, 2.24) is 9.47 Å². The Morgan fingerprint density at radius 1 is 1.06 bits per heavy atom. The van der Waals surface area contributed by atoms with Gasteiger partial charge in [0.2, 0.25) is 0 Å². The van der Waals surface area contributed by atoms with Gasteiger partial charge in [0.15, 0.2) is 0 Å². The van der Waals surface area contributed by atoms with Gasteiger partial charge in [0, 0.05) is 16.6 Å². The number of hydrogen-bond acceptors (Lipinski definition) is 3. The van der Waals surface area contributed by atoms with Gasteiger partial charge in [-0.25, -0.2) is 4.79 Å². The second kappa shape index (κ2) is 9.51. The molecule has 2 aromatic carbocycles. The predicted molar refractivity (Wildman–Crippen MR) is 145 cm³/mol. The summed E-state index contributed by atoms with van der Waals surface area (Å²) in [6.45, 7) is 5.18. The third-order valence-corrected chi connectivity index (χ3v) is 8.56. The van der Waals surface area contributed by atoms with Crippen molar-refractivity contribution < 1.29 is 9.53 Å². The molecule has 3 heterocycles. The van der Waals surface area contributed by atoms with Crippen molar-refractivity contribution in [1.29, 1.82) is 0 Å². The number of anilines is 1. The summed E-state index contributed by atoms with van der Waals surface area (Å²) in [4.78, 5) is 17.6. The summed E-state index contributed by atoms with van der Waals surface area (Å²) in [6, 6.07) is 20.1. The lowest BCUT2D eigenvalue weighted by Crippen LogP contribution is -2.38. The fraction of sp³-hybridized carbons (Fsp3) is 0.300. The Bertz CT molecular complexity index is 1420. The van der Waals surface area contributed by atoms with Crippen LogP contribution in [0.2, 0.25) is 0 Å². The summed E-state index contributed by atoms with van der Waals surface area (Å²) in [6.07, 6.45) is 6.85. The molecule has 6 rings (SSSR count). The summed E-state index contributed by atoms with van der Waals surface area (Å²) in [5.74, 6) is 0.687. The highest BCUT2D eigenvalue weighted by molar-refractivity contribution is 7.15. The molecule has 0 saturated heterocycles. The highest BCUT2D eigenvalue weighted by Crippen LogP contribution is 2.44. The van der Waals surface area contributed by atoms with Crippen molar-refractivity contribution >= 4 is 23.1 Å². The van der Waals surface area contributed by atoms with E-state index in [1.807, 2.05) is 47.4 Å². The third kappa shape index (κ3) is 3.99. The maximum atomic E-state index is 14.1. The monoisotopic (exact) mass is 497 g/mol. The van der Waals surface area contributed by atoms with Crippen LogP contribution >= 0.6 is 11.3 Å². The zero-order chi connectivity index (χ0) is 24.6. The van der Waals surface area contributed by atoms with Crippen molar-refractivity contribution in [2.45, 2.75) is 52.1 Å². The number of ether oxygens (including phenoxy) is 1. The summed E-state index contributed by atoms with van der Waals surface area (Å²) >= 11 is 1.91. The molecule has 0 bridgehead atoms. The number of aromatic nitrogens is 1. The molecule has 0 spiro atoms. The predicted octanol–water partition coefficient (Wildman–Crippen LogP) is 7.26. The summed E-state index contributed by atoms with van der Waals surface area (Å²) in [5, 5.41) is 4.46. The molecule has 0 fully saturated rings. The molecule has 6 heteroatoms. The van der Waals surface area contributed by atoms with Gasteiger partial charge in [-0.2, -0.15) is 0 Å². The Labute approximate surface area is 216 Å². The number of urea groups is 1. The largest absolute Gasteiger partial charge is 0.492 e. The first-order chi connectivity index (χ1) is 17.6. The standard InChI is InChI=1S/C30H31N3O2S/c1-3-35-26-15-6-5-13-24(26)31-30(34)33-19-23-22-12-4-7-16-27(22)36-29(23)32-17-9-14-25(32)28(33)21-11-8-10-20(2)18-21/h5-6,8-11,13-15,17-18,28H,3-4,7,12,16,19H2,1-2H3,(H,31,34). The van der Waals surface area contributed by atoms with E-state index in [0.29, 0.717) is 24.6 Å². The van der Waals surface area contributed by atoms with Crippen molar-refractivity contribution in [3.63, 3.8) is 0 Å². The molecule has 1 atom stereocenters. The van der Waals surface area contributed by atoms with Crippen LogP contribution in [0, 0.1) is 6.92 Å². The minimum Gasteiger partial charge on any atom is -0.492 e. The Hall–Kier alpha value is -3.51. The van der Waals surface area contributed by atoms with Gasteiger partial charge in [0.1, 0.15) is 10.8 Å². The molecule has 36 heavy (non-hydrogen) atoms. The smallest absolute Gasteiger partial charge is 0.323 e. The number of nitrogens with one attached hydrogen (secondary N) is 1. The van der Waals surface area contributed by atoms with Crippen LogP contribution in [-0.4, -0.2) is 22.1 Å². The summed E-state index contributed by atoms with van der Waals surface area (Å²) in [7, 11) is 0. The van der Waals surface area contributed by atoms with Crippen LogP contribution in [0.5, 0.6) is 5.75 Å². The zero-order valence-corrected chi connectivity index (χ0v) is 21.6. The highest BCUT2D eigenvalue weighted by Gasteiger charge is 2.36. The number of amides is 2. The van der Waals surface area contributed by atoms with Gasteiger partial charge in [-0.05, 0) is 74.9 Å². The fourth-order valence-electron chi connectivity index (χ4n) is 5.62. The first-order valence-electron chi connectivity index (χ1n) is 12.8. The van der Waals surface area contributed by atoms with E-state index in [2.05, 4.69) is 59.4 Å². The van der Waals surface area contributed by atoms with Gasteiger partial charge in [0.05, 0.1) is 30.6 Å². The van der Waals surface area contributed by atoms with Gasteiger partial charge >= 0.3 is 6.03 Å². The Balaban J connectivity index is 1.49. The van der Waals surface area contributed by atoms with E-state index in [1.54, 1.807) is 0 Å². The molecule has 2 aromatic heterocycles. The Morgan fingerprint density at radius 3 is 2.78 bits per heavy atom. The van der Waals surface area contributed by atoms with Crippen LogP contribution in [0.3, 0.4) is 0 Å². The minimum absolute atomic E-state index is 0.120. The molecule has 1 aliphatic heterocycles. The van der Waals surface area contributed by atoms with E-state index < -0.39 is 0 Å². The average molecular weight is 498 g/mol. The lowest BCUT2D eigenvalue weighted by Gasteiger charge is -2.32. The van der Waals surface area contributed by atoms with Crippen molar-refractivity contribution in [2.24, 2.45) is 0 Å². The van der Waals surface area contributed by atoms with Crippen molar-refractivity contribution in [3.05, 3.63) is 99.7 Å². The van der Waals surface area contributed by atoms with Crippen LogP contribution in [0.1, 0.15) is 58.6 Å². The topological polar surface area (TPSA) is 46.5 Å². The average Bonchev–Trinajstić information content (AvgIpc) is 3.47. The summed E-state index contributed by atoms with van der Waals surface area (Å²) < 4.78 is 8.13. The Kier molecular flexibility index (Phi) is 6.05. The number of hydrogen-bond donors (Lipinski definition) is 1. The zero-order valence-electron chi connectivity index (χ0n) is 20.8. The van der Waals surface area contributed by atoms with E-state index in [0.717, 1.165) is 24.1 Å². The number of carbonyl (C=O) groups is 1. The van der Waals surface area contributed by atoms with Crippen LogP contribution in [-0.2, 0) is 19.4 Å². The number of fused-ring (bicyclic) bond motifs is 5. The molecule has 184 valence electrons. The number of thiophene rings is 1. The third-order valence-electron chi connectivity index (χ3n) is 7.23. The van der Waals surface area contributed by atoms with E-state index in [-0.39, 0.29) is 12.1 Å². The van der Waals surface area contributed by atoms with Gasteiger partial charge < -0.3 is 19.5 Å². The minimum atomic E-state index is -0.210. The number of aryl methyl sites for hydroxylation is 2. The van der Waals surface area contributed by atoms with Gasteiger partial charge in [-0.15, -0.1) is 11.3 Å². The van der Waals surface area contributed by atoms with Gasteiger partial charge in [-0.1, -0.05) is 42.0 Å². The van der Waals surface area contributed by atoms with Crippen molar-refractivity contribution in [2.75, 3.05) is 11.9 Å². The van der Waals surface area contributed by atoms with E-state index in [9.17, 15) is 4.79 Å². The molecule has 0 saturated carbocycles. The number of para-hydroxylation sites is 2. The summed E-state index contributed by atoms with van der Waals surface area (Å²) in [5.41, 5.74) is 6.87. The first kappa shape index (κ1) is 22.9. The maximum absolute atomic E-state index is 14.1. The molecule has 2 aliphatic rings. The molecular formula is C30H31N3O2S. The molecule has 2 amide bonds. The van der Waals surface area contributed by atoms with Crippen LogP contribution in [0.25, 0.3) is 5.00 Å². The molecule has 1 aliphatic carbocycles. The number of benzene rings is 2. The first-order valence-corrected chi connectivity index (χ1v) is 13.6. The SMILES string of the molecule is CCOc1ccccc1NC(=O)N1Cc2c(sc3c2CCCC3)-n2cccc2C1c1cccc(C)c1. The van der Waals surface area contributed by atoms with E-state index in [4.69, 9.17) is 4.74 Å². The molecule has 1 unspecified atom stereocenters. The number of rotatable bonds is 4. The normalized spacial score (nSPS) is 16.5. The van der Waals surface area contributed by atoms with Crippen LogP contribution in [0.15, 0.2) is 66.9 Å².